The summed E-state index contributed by atoms with van der Waals surface area (Å²) in [7, 11) is 2.01. The average Bonchev–Trinajstić information content (AvgIpc) is 2.74. The molecule has 2 N–H and O–H groups in total. The van der Waals surface area contributed by atoms with Crippen LogP contribution in [0.4, 0.5) is 0 Å². The summed E-state index contributed by atoms with van der Waals surface area (Å²) in [5.74, 6) is 0.673. The van der Waals surface area contributed by atoms with E-state index in [2.05, 4.69) is 15.5 Å². The standard InChI is InChI=1S/C10H17N3O/c1-11-10(9-6-12-13-7-9)8-2-4-14-5-3-8/h6-8,10-11H,2-5H2,1H3,(H,12,13). The molecule has 1 aliphatic rings. The van der Waals surface area contributed by atoms with Crippen LogP contribution in [0.5, 0.6) is 0 Å². The van der Waals surface area contributed by atoms with Gasteiger partial charge in [-0.05, 0) is 25.8 Å². The Bertz CT molecular complexity index is 254. The molecule has 1 aliphatic heterocycles. The maximum atomic E-state index is 5.36. The molecule has 14 heavy (non-hydrogen) atoms. The summed E-state index contributed by atoms with van der Waals surface area (Å²) in [5.41, 5.74) is 1.25. The molecule has 1 atom stereocenters. The highest BCUT2D eigenvalue weighted by Crippen LogP contribution is 2.28. The Morgan fingerprint density at radius 2 is 2.36 bits per heavy atom. The Balaban J connectivity index is 2.04. The fraction of sp³-hybridized carbons (Fsp3) is 0.700. The molecule has 2 rings (SSSR count). The van der Waals surface area contributed by atoms with Crippen LogP contribution in [0.15, 0.2) is 12.4 Å². The van der Waals surface area contributed by atoms with Crippen molar-refractivity contribution in [2.45, 2.75) is 18.9 Å². The third-order valence-corrected chi connectivity index (χ3v) is 2.93. The monoisotopic (exact) mass is 195 g/mol. The van der Waals surface area contributed by atoms with E-state index < -0.39 is 0 Å². The predicted octanol–water partition coefficient (Wildman–Crippen LogP) is 1.10. The largest absolute Gasteiger partial charge is 0.381 e. The molecule has 0 amide bonds. The fourth-order valence-electron chi connectivity index (χ4n) is 2.15. The highest BCUT2D eigenvalue weighted by atomic mass is 16.5. The van der Waals surface area contributed by atoms with E-state index in [1.165, 1.54) is 5.56 Å². The van der Waals surface area contributed by atoms with Gasteiger partial charge in [0.05, 0.1) is 6.20 Å². The molecule has 0 aliphatic carbocycles. The first-order chi connectivity index (χ1) is 6.92. The van der Waals surface area contributed by atoms with Crippen molar-refractivity contribution in [1.29, 1.82) is 0 Å². The highest BCUT2D eigenvalue weighted by Gasteiger charge is 2.24. The van der Waals surface area contributed by atoms with Gasteiger partial charge in [-0.3, -0.25) is 5.10 Å². The minimum Gasteiger partial charge on any atom is -0.381 e. The zero-order chi connectivity index (χ0) is 9.80. The molecule has 0 aromatic carbocycles. The van der Waals surface area contributed by atoms with Gasteiger partial charge in [0.1, 0.15) is 0 Å². The SMILES string of the molecule is CNC(c1cn[nH]c1)C1CCOCC1. The molecule has 1 unspecified atom stereocenters. The summed E-state index contributed by atoms with van der Waals surface area (Å²) < 4.78 is 5.36. The molecule has 0 spiro atoms. The van der Waals surface area contributed by atoms with Gasteiger partial charge in [-0.1, -0.05) is 0 Å². The molecule has 0 saturated carbocycles. The number of hydrogen-bond acceptors (Lipinski definition) is 3. The van der Waals surface area contributed by atoms with E-state index in [1.807, 2.05) is 19.4 Å². The molecule has 1 aromatic heterocycles. The van der Waals surface area contributed by atoms with Gasteiger partial charge in [0.15, 0.2) is 0 Å². The van der Waals surface area contributed by atoms with Crippen molar-refractivity contribution in [2.24, 2.45) is 5.92 Å². The van der Waals surface area contributed by atoms with Crippen LogP contribution in [0.25, 0.3) is 0 Å². The molecule has 0 radical (unpaired) electrons. The molecule has 1 aromatic rings. The minimum atomic E-state index is 0.414. The molecule has 4 heteroatoms. The molecule has 78 valence electrons. The van der Waals surface area contributed by atoms with Gasteiger partial charge in [0, 0.05) is 31.0 Å². The van der Waals surface area contributed by atoms with Crippen molar-refractivity contribution in [3.05, 3.63) is 18.0 Å². The summed E-state index contributed by atoms with van der Waals surface area (Å²) in [5, 5.41) is 10.2. The quantitative estimate of drug-likeness (QED) is 0.759. The summed E-state index contributed by atoms with van der Waals surface area (Å²) in [6, 6.07) is 0.414. The van der Waals surface area contributed by atoms with Crippen LogP contribution in [-0.4, -0.2) is 30.5 Å². The van der Waals surface area contributed by atoms with Crippen molar-refractivity contribution >= 4 is 0 Å². The lowest BCUT2D eigenvalue weighted by Gasteiger charge is -2.29. The fourth-order valence-corrected chi connectivity index (χ4v) is 2.15. The van der Waals surface area contributed by atoms with Crippen LogP contribution in [-0.2, 0) is 4.74 Å². The van der Waals surface area contributed by atoms with Gasteiger partial charge in [-0.25, -0.2) is 0 Å². The number of ether oxygens (including phenoxy) is 1. The lowest BCUT2D eigenvalue weighted by atomic mass is 9.88. The Kier molecular flexibility index (Phi) is 3.16. The van der Waals surface area contributed by atoms with Gasteiger partial charge in [0.25, 0.3) is 0 Å². The topological polar surface area (TPSA) is 49.9 Å². The number of aromatic amines is 1. The Hall–Kier alpha value is -0.870. The lowest BCUT2D eigenvalue weighted by Crippen LogP contribution is -2.29. The Morgan fingerprint density at radius 3 is 2.93 bits per heavy atom. The van der Waals surface area contributed by atoms with Crippen molar-refractivity contribution in [3.8, 4) is 0 Å². The molecule has 2 heterocycles. The first kappa shape index (κ1) is 9.68. The maximum Gasteiger partial charge on any atom is 0.0535 e. The van der Waals surface area contributed by atoms with Crippen molar-refractivity contribution in [2.75, 3.05) is 20.3 Å². The summed E-state index contributed by atoms with van der Waals surface area (Å²) >= 11 is 0. The van der Waals surface area contributed by atoms with E-state index in [9.17, 15) is 0 Å². The van der Waals surface area contributed by atoms with Crippen LogP contribution in [0.3, 0.4) is 0 Å². The highest BCUT2D eigenvalue weighted by molar-refractivity contribution is 5.10. The second-order valence-corrected chi connectivity index (χ2v) is 3.75. The van der Waals surface area contributed by atoms with Crippen LogP contribution in [0, 0.1) is 5.92 Å². The number of nitrogens with zero attached hydrogens (tertiary/aromatic N) is 1. The second kappa shape index (κ2) is 4.57. The smallest absolute Gasteiger partial charge is 0.0535 e. The number of hydrogen-bond donors (Lipinski definition) is 2. The number of aromatic nitrogens is 2. The number of rotatable bonds is 3. The molecule has 4 nitrogen and oxygen atoms in total. The first-order valence-electron chi connectivity index (χ1n) is 5.15. The summed E-state index contributed by atoms with van der Waals surface area (Å²) in [6.45, 7) is 1.78. The summed E-state index contributed by atoms with van der Waals surface area (Å²) in [6.07, 6.45) is 6.14. The van der Waals surface area contributed by atoms with E-state index >= 15 is 0 Å². The second-order valence-electron chi connectivity index (χ2n) is 3.75. The third kappa shape index (κ3) is 1.96. The van der Waals surface area contributed by atoms with Crippen molar-refractivity contribution < 1.29 is 4.74 Å². The van der Waals surface area contributed by atoms with Crippen LogP contribution in [0.2, 0.25) is 0 Å². The number of nitrogens with one attached hydrogen (secondary N) is 2. The normalized spacial score (nSPS) is 20.9. The zero-order valence-electron chi connectivity index (χ0n) is 8.49. The Labute approximate surface area is 84.0 Å². The summed E-state index contributed by atoms with van der Waals surface area (Å²) in [4.78, 5) is 0. The van der Waals surface area contributed by atoms with Gasteiger partial charge < -0.3 is 10.1 Å². The van der Waals surface area contributed by atoms with Crippen LogP contribution >= 0.6 is 0 Å². The zero-order valence-corrected chi connectivity index (χ0v) is 8.49. The average molecular weight is 195 g/mol. The number of H-pyrrole nitrogens is 1. The minimum absolute atomic E-state index is 0.414. The first-order valence-corrected chi connectivity index (χ1v) is 5.15. The van der Waals surface area contributed by atoms with Gasteiger partial charge in [0.2, 0.25) is 0 Å². The van der Waals surface area contributed by atoms with E-state index in [1.54, 1.807) is 0 Å². The van der Waals surface area contributed by atoms with E-state index in [4.69, 9.17) is 4.74 Å². The molecular weight excluding hydrogens is 178 g/mol. The molecular formula is C10H17N3O. The lowest BCUT2D eigenvalue weighted by molar-refractivity contribution is 0.0546. The van der Waals surface area contributed by atoms with Gasteiger partial charge in [-0.15, -0.1) is 0 Å². The molecule has 1 saturated heterocycles. The van der Waals surface area contributed by atoms with E-state index in [0.717, 1.165) is 26.1 Å². The molecule has 1 fully saturated rings. The van der Waals surface area contributed by atoms with Crippen LogP contribution < -0.4 is 5.32 Å². The maximum absolute atomic E-state index is 5.36. The predicted molar refractivity (Wildman–Crippen MR) is 53.9 cm³/mol. The van der Waals surface area contributed by atoms with Crippen LogP contribution in [0.1, 0.15) is 24.4 Å². The van der Waals surface area contributed by atoms with E-state index in [0.29, 0.717) is 12.0 Å². The Morgan fingerprint density at radius 1 is 1.57 bits per heavy atom. The molecule has 0 bridgehead atoms. The van der Waals surface area contributed by atoms with Crippen molar-refractivity contribution in [3.63, 3.8) is 0 Å². The van der Waals surface area contributed by atoms with Gasteiger partial charge in [-0.2, -0.15) is 5.10 Å². The van der Waals surface area contributed by atoms with Gasteiger partial charge >= 0.3 is 0 Å². The van der Waals surface area contributed by atoms with E-state index in [-0.39, 0.29) is 0 Å². The van der Waals surface area contributed by atoms with Crippen molar-refractivity contribution in [1.82, 2.24) is 15.5 Å². The third-order valence-electron chi connectivity index (χ3n) is 2.93.